The van der Waals surface area contributed by atoms with Crippen molar-refractivity contribution >= 4 is 18.4 Å². The smallest absolute Gasteiger partial charge is 0.285 e. The normalized spacial score (nSPS) is 9.36. The first-order valence-electron chi connectivity index (χ1n) is 2.20. The quantitative estimate of drug-likeness (QED) is 0.322. The number of rotatable bonds is 2. The summed E-state index contributed by atoms with van der Waals surface area (Å²) in [5.41, 5.74) is 0. The van der Waals surface area contributed by atoms with E-state index in [0.717, 1.165) is 6.08 Å². The molecule has 0 atom stereocenters. The Hall–Kier alpha value is -0.330. The lowest BCUT2D eigenvalue weighted by atomic mass is 10.8. The third kappa shape index (κ3) is 42.2. The van der Waals surface area contributed by atoms with Crippen molar-refractivity contribution in [3.8, 4) is 0 Å². The molecule has 0 aromatic heterocycles. The first kappa shape index (κ1) is 13.3. The van der Waals surface area contributed by atoms with Crippen molar-refractivity contribution in [2.45, 2.75) is 0 Å². The molecule has 0 bridgehead atoms. The highest BCUT2D eigenvalue weighted by molar-refractivity contribution is 7.85. The molecule has 0 radical (unpaired) electrons. The van der Waals surface area contributed by atoms with E-state index >= 15 is 0 Å². The lowest BCUT2D eigenvalue weighted by Gasteiger charge is -1.82. The number of hydrogen-bond acceptors (Lipinski definition) is 3. The monoisotopic (exact) mass is 203 g/mol. The molecule has 0 aliphatic rings. The molecule has 0 aromatic carbocycles. The van der Waals surface area contributed by atoms with E-state index in [2.05, 4.69) is 6.58 Å². The Morgan fingerprint density at radius 2 is 1.73 bits per heavy atom. The fraction of sp³-hybridized carbons (Fsp3) is 0.333. The van der Waals surface area contributed by atoms with Crippen LogP contribution < -0.4 is 0 Å². The molecule has 0 fully saturated rings. The van der Waals surface area contributed by atoms with Gasteiger partial charge in [-0.05, 0) is 0 Å². The second kappa shape index (κ2) is 6.38. The summed E-state index contributed by atoms with van der Waals surface area (Å²) in [6.07, 6.45) is 1.12. The SMILES string of the molecule is C=CCS(=O)(=O)O.O=[P+](O)O. The average molecular weight is 203 g/mol. The number of hydrogen-bond donors (Lipinski definition) is 3. The van der Waals surface area contributed by atoms with Gasteiger partial charge in [0.15, 0.2) is 0 Å². The molecule has 0 spiro atoms. The lowest BCUT2D eigenvalue weighted by molar-refractivity contribution is 0.405. The van der Waals surface area contributed by atoms with Crippen molar-refractivity contribution in [2.24, 2.45) is 0 Å². The summed E-state index contributed by atoms with van der Waals surface area (Å²) < 4.78 is 36.1. The molecule has 6 nitrogen and oxygen atoms in total. The highest BCUT2D eigenvalue weighted by Crippen LogP contribution is 1.98. The summed E-state index contributed by atoms with van der Waals surface area (Å²) in [6.45, 7) is 3.11. The molecule has 11 heavy (non-hydrogen) atoms. The summed E-state index contributed by atoms with van der Waals surface area (Å²) in [5.74, 6) is -0.368. The fourth-order valence-corrected chi connectivity index (χ4v) is 0.447. The zero-order valence-corrected chi connectivity index (χ0v) is 7.12. The minimum absolute atomic E-state index is 0.368. The van der Waals surface area contributed by atoms with Gasteiger partial charge in [-0.1, -0.05) is 6.08 Å². The van der Waals surface area contributed by atoms with Gasteiger partial charge in [-0.2, -0.15) is 8.42 Å². The van der Waals surface area contributed by atoms with Crippen LogP contribution in [0.5, 0.6) is 0 Å². The Morgan fingerprint density at radius 1 is 1.45 bits per heavy atom. The van der Waals surface area contributed by atoms with Gasteiger partial charge < -0.3 is 0 Å². The van der Waals surface area contributed by atoms with Crippen LogP contribution in [-0.2, 0) is 14.7 Å². The topological polar surface area (TPSA) is 112 Å². The maximum Gasteiger partial charge on any atom is 0.692 e. The lowest BCUT2D eigenvalue weighted by Crippen LogP contribution is -1.99. The Balaban J connectivity index is 0. The maximum atomic E-state index is 9.72. The highest BCUT2D eigenvalue weighted by Gasteiger charge is 1.95. The van der Waals surface area contributed by atoms with Gasteiger partial charge in [0.1, 0.15) is 0 Å². The van der Waals surface area contributed by atoms with E-state index in [1.54, 1.807) is 0 Å². The largest absolute Gasteiger partial charge is 0.692 e. The van der Waals surface area contributed by atoms with Crippen LogP contribution in [0.3, 0.4) is 0 Å². The van der Waals surface area contributed by atoms with Crippen LogP contribution in [0, 0.1) is 0 Å². The van der Waals surface area contributed by atoms with Gasteiger partial charge in [-0.25, -0.2) is 0 Å². The maximum absolute atomic E-state index is 9.72. The molecule has 0 aliphatic heterocycles. The van der Waals surface area contributed by atoms with Gasteiger partial charge in [0.2, 0.25) is 0 Å². The standard InChI is InChI=1S/C3H6O3S.HO3P/c1-2-3-7(4,5)6;1-4(2)3/h2H,1,3H2,(H,4,5,6);(H-,1,2,3)/p+1. The molecule has 0 saturated carbocycles. The van der Waals surface area contributed by atoms with Gasteiger partial charge in [0.25, 0.3) is 10.1 Å². The molecule has 0 amide bonds. The van der Waals surface area contributed by atoms with Gasteiger partial charge in [0.05, 0.1) is 5.75 Å². The van der Waals surface area contributed by atoms with Crippen molar-refractivity contribution in [3.05, 3.63) is 12.7 Å². The van der Waals surface area contributed by atoms with Crippen LogP contribution in [0.2, 0.25) is 0 Å². The average Bonchev–Trinajstić information content (AvgIpc) is 1.58. The van der Waals surface area contributed by atoms with E-state index in [0.29, 0.717) is 0 Å². The van der Waals surface area contributed by atoms with Gasteiger partial charge in [-0.3, -0.25) is 4.55 Å². The van der Waals surface area contributed by atoms with Crippen LogP contribution in [-0.4, -0.2) is 28.5 Å². The molecule has 0 heterocycles. The minimum Gasteiger partial charge on any atom is -0.285 e. The third-order valence-electron chi connectivity index (χ3n) is 0.328. The second-order valence-corrected chi connectivity index (χ2v) is 3.29. The highest BCUT2D eigenvalue weighted by atomic mass is 32.2. The first-order valence-corrected chi connectivity index (χ1v) is 4.98. The molecule has 8 heteroatoms. The Kier molecular flexibility index (Phi) is 7.70. The molecule has 66 valence electrons. The predicted octanol–water partition coefficient (Wildman–Crippen LogP) is -0.311. The predicted molar refractivity (Wildman–Crippen MR) is 38.7 cm³/mol. The van der Waals surface area contributed by atoms with Gasteiger partial charge in [-0.15, -0.1) is 16.4 Å². The summed E-state index contributed by atoms with van der Waals surface area (Å²) >= 11 is 0. The fourth-order valence-electron chi connectivity index (χ4n) is 0.149. The summed E-state index contributed by atoms with van der Waals surface area (Å²) in [4.78, 5) is 14.2. The minimum atomic E-state index is -3.79. The van der Waals surface area contributed by atoms with Crippen molar-refractivity contribution in [2.75, 3.05) is 5.75 Å². The Morgan fingerprint density at radius 3 is 1.73 bits per heavy atom. The first-order chi connectivity index (χ1) is 4.79. The Labute approximate surface area is 64.9 Å². The molecule has 3 N–H and O–H groups in total. The van der Waals surface area contributed by atoms with Crippen molar-refractivity contribution in [1.82, 2.24) is 0 Å². The van der Waals surface area contributed by atoms with Crippen molar-refractivity contribution < 1.29 is 27.3 Å². The molecule has 0 aliphatic carbocycles. The van der Waals surface area contributed by atoms with Crippen molar-refractivity contribution in [3.63, 3.8) is 0 Å². The molecule has 0 aromatic rings. The molecular weight excluding hydrogens is 195 g/mol. The second-order valence-electron chi connectivity index (χ2n) is 1.29. The van der Waals surface area contributed by atoms with E-state index in [4.69, 9.17) is 18.9 Å². The molecule has 0 rings (SSSR count). The van der Waals surface area contributed by atoms with Crippen LogP contribution in [0.1, 0.15) is 0 Å². The van der Waals surface area contributed by atoms with E-state index < -0.39 is 18.4 Å². The molecule has 0 saturated heterocycles. The van der Waals surface area contributed by atoms with Crippen LogP contribution in [0.4, 0.5) is 0 Å². The zero-order valence-electron chi connectivity index (χ0n) is 5.41. The van der Waals surface area contributed by atoms with Crippen LogP contribution in [0.15, 0.2) is 12.7 Å². The van der Waals surface area contributed by atoms with E-state index in [1.165, 1.54) is 0 Å². The zero-order chi connectivity index (χ0) is 9.49. The summed E-state index contributed by atoms with van der Waals surface area (Å²) in [5, 5.41) is 0. The van der Waals surface area contributed by atoms with E-state index in [-0.39, 0.29) is 5.75 Å². The van der Waals surface area contributed by atoms with E-state index in [1.807, 2.05) is 0 Å². The van der Waals surface area contributed by atoms with E-state index in [9.17, 15) is 8.42 Å². The van der Waals surface area contributed by atoms with Gasteiger partial charge >= 0.3 is 8.25 Å². The van der Waals surface area contributed by atoms with Crippen LogP contribution >= 0.6 is 8.25 Å². The third-order valence-corrected chi connectivity index (χ3v) is 0.985. The molecular formula is C3H8O6PS+. The van der Waals surface area contributed by atoms with Crippen molar-refractivity contribution in [1.29, 1.82) is 0 Å². The summed E-state index contributed by atoms with van der Waals surface area (Å²) in [6, 6.07) is 0. The Bertz CT molecular complexity index is 214. The summed E-state index contributed by atoms with van der Waals surface area (Å²) in [7, 11) is -6.66. The van der Waals surface area contributed by atoms with Crippen LogP contribution in [0.25, 0.3) is 0 Å². The van der Waals surface area contributed by atoms with Gasteiger partial charge in [0, 0.05) is 4.57 Å². The molecule has 0 unspecified atom stereocenters.